The van der Waals surface area contributed by atoms with E-state index in [0.717, 1.165) is 16.9 Å². The Balaban J connectivity index is 0.00000324. The molecule has 7 heteroatoms. The van der Waals surface area contributed by atoms with Gasteiger partial charge in [0, 0.05) is 7.05 Å². The normalized spacial score (nSPS) is 10.1. The van der Waals surface area contributed by atoms with Crippen LogP contribution in [-0.2, 0) is 4.79 Å². The number of carbonyl (C=O) groups is 1. The van der Waals surface area contributed by atoms with Crippen LogP contribution in [0.5, 0.6) is 5.75 Å². The Labute approximate surface area is 134 Å². The number of carboxylic acids is 1. The van der Waals surface area contributed by atoms with Gasteiger partial charge in [0.05, 0.1) is 25.3 Å². The first kappa shape index (κ1) is 17.9. The molecule has 0 aliphatic heterocycles. The van der Waals surface area contributed by atoms with E-state index in [1.165, 1.54) is 12.1 Å². The third kappa shape index (κ3) is 5.59. The number of benzene rings is 1. The Morgan fingerprint density at radius 2 is 2.00 bits per heavy atom. The topological polar surface area (TPSA) is 77.3 Å². The molecule has 0 unspecified atom stereocenters. The first-order valence-corrected chi connectivity index (χ1v) is 5.42. The zero-order valence-electron chi connectivity index (χ0n) is 11.9. The first-order chi connectivity index (χ1) is 8.43. The van der Waals surface area contributed by atoms with Gasteiger partial charge in [0.1, 0.15) is 5.75 Å². The molecule has 0 aromatic heterocycles. The number of nitrogens with zero attached hydrogens (tertiary/aromatic N) is 3. The van der Waals surface area contributed by atoms with Crippen LogP contribution in [0.3, 0.4) is 0 Å². The number of hydrogen-bond donors (Lipinski definition) is 0. The van der Waals surface area contributed by atoms with E-state index < -0.39 is 5.97 Å². The molecule has 98 valence electrons. The van der Waals surface area contributed by atoms with Crippen molar-refractivity contribution in [1.82, 2.24) is 5.01 Å². The van der Waals surface area contributed by atoms with E-state index in [2.05, 4.69) is 10.3 Å². The second kappa shape index (κ2) is 8.14. The fourth-order valence-electron chi connectivity index (χ4n) is 1.45. The van der Waals surface area contributed by atoms with Gasteiger partial charge < -0.3 is 14.6 Å². The van der Waals surface area contributed by atoms with Crippen molar-refractivity contribution in [3.05, 3.63) is 23.3 Å². The second-order valence-corrected chi connectivity index (χ2v) is 3.99. The van der Waals surface area contributed by atoms with Crippen molar-refractivity contribution in [2.24, 2.45) is 10.3 Å². The SMILES string of the molecule is COc1cc(C)c(N=NN(C)CC(=O)[O-])cc1C.[Na+]. The number of carbonyl (C=O) groups excluding carboxylic acids is 1. The van der Waals surface area contributed by atoms with Gasteiger partial charge in [-0.3, -0.25) is 5.01 Å². The summed E-state index contributed by atoms with van der Waals surface area (Å²) in [7, 11) is 3.13. The summed E-state index contributed by atoms with van der Waals surface area (Å²) in [6.07, 6.45) is 0. The van der Waals surface area contributed by atoms with Crippen molar-refractivity contribution < 1.29 is 44.2 Å². The van der Waals surface area contributed by atoms with E-state index in [-0.39, 0.29) is 36.1 Å². The molecular weight excluding hydrogens is 257 g/mol. The molecule has 1 rings (SSSR count). The van der Waals surface area contributed by atoms with Crippen molar-refractivity contribution in [2.75, 3.05) is 20.7 Å². The van der Waals surface area contributed by atoms with Crippen molar-refractivity contribution in [3.63, 3.8) is 0 Å². The Bertz CT molecular complexity index is 478. The Hall–Kier alpha value is -1.11. The summed E-state index contributed by atoms with van der Waals surface area (Å²) in [5.41, 5.74) is 2.53. The third-order valence-electron chi connectivity index (χ3n) is 2.38. The van der Waals surface area contributed by atoms with Crippen LogP contribution >= 0.6 is 0 Å². The number of methoxy groups -OCH3 is 1. The first-order valence-electron chi connectivity index (χ1n) is 5.42. The molecule has 0 bridgehead atoms. The predicted octanol–water partition coefficient (Wildman–Crippen LogP) is -2.00. The molecular formula is C12H16N3NaO3. The largest absolute Gasteiger partial charge is 1.00 e. The number of aliphatic carboxylic acids is 1. The summed E-state index contributed by atoms with van der Waals surface area (Å²) >= 11 is 0. The van der Waals surface area contributed by atoms with Crippen molar-refractivity contribution in [3.8, 4) is 5.75 Å². The van der Waals surface area contributed by atoms with Gasteiger partial charge in [-0.2, -0.15) is 0 Å². The number of likely N-dealkylation sites (N-methyl/N-ethyl adjacent to an activating group) is 1. The van der Waals surface area contributed by atoms with Crippen molar-refractivity contribution in [2.45, 2.75) is 13.8 Å². The zero-order valence-corrected chi connectivity index (χ0v) is 13.9. The Kier molecular flexibility index (Phi) is 7.66. The molecule has 1 aromatic rings. The second-order valence-electron chi connectivity index (χ2n) is 3.99. The average molecular weight is 273 g/mol. The molecule has 0 aliphatic rings. The molecule has 0 fully saturated rings. The molecule has 0 heterocycles. The van der Waals surface area contributed by atoms with Gasteiger partial charge in [-0.15, -0.1) is 5.11 Å². The van der Waals surface area contributed by atoms with Crippen molar-refractivity contribution in [1.29, 1.82) is 0 Å². The molecule has 0 spiro atoms. The predicted molar refractivity (Wildman–Crippen MR) is 64.6 cm³/mol. The van der Waals surface area contributed by atoms with Crippen LogP contribution < -0.4 is 39.4 Å². The van der Waals surface area contributed by atoms with Crippen LogP contribution in [0.25, 0.3) is 0 Å². The molecule has 6 nitrogen and oxygen atoms in total. The number of aryl methyl sites for hydroxylation is 2. The van der Waals surface area contributed by atoms with Crippen LogP contribution in [0.15, 0.2) is 22.5 Å². The number of hydrogen-bond acceptors (Lipinski definition) is 5. The fourth-order valence-corrected chi connectivity index (χ4v) is 1.45. The number of ether oxygens (including phenoxy) is 1. The maximum Gasteiger partial charge on any atom is 1.00 e. The van der Waals surface area contributed by atoms with E-state index in [1.807, 2.05) is 26.0 Å². The number of carboxylic acid groups (broad SMARTS) is 1. The van der Waals surface area contributed by atoms with E-state index >= 15 is 0 Å². The summed E-state index contributed by atoms with van der Waals surface area (Å²) in [6, 6.07) is 3.70. The molecule has 0 amide bonds. The van der Waals surface area contributed by atoms with E-state index in [4.69, 9.17) is 4.74 Å². The van der Waals surface area contributed by atoms with Crippen LogP contribution in [0.4, 0.5) is 5.69 Å². The van der Waals surface area contributed by atoms with E-state index in [9.17, 15) is 9.90 Å². The van der Waals surface area contributed by atoms with Crippen LogP contribution in [-0.4, -0.2) is 31.7 Å². The summed E-state index contributed by atoms with van der Waals surface area (Å²) in [5, 5.41) is 19.3. The van der Waals surface area contributed by atoms with E-state index in [0.29, 0.717) is 5.69 Å². The number of rotatable bonds is 5. The molecule has 0 saturated carbocycles. The van der Waals surface area contributed by atoms with Gasteiger partial charge in [-0.1, -0.05) is 5.22 Å². The molecule has 1 aromatic carbocycles. The minimum absolute atomic E-state index is 0. The van der Waals surface area contributed by atoms with Gasteiger partial charge >= 0.3 is 29.6 Å². The fraction of sp³-hybridized carbons (Fsp3) is 0.417. The summed E-state index contributed by atoms with van der Waals surface area (Å²) in [5.74, 6) is -0.409. The van der Waals surface area contributed by atoms with Gasteiger partial charge in [0.2, 0.25) is 0 Å². The van der Waals surface area contributed by atoms with Gasteiger partial charge in [0.15, 0.2) is 0 Å². The van der Waals surface area contributed by atoms with Gasteiger partial charge in [-0.05, 0) is 37.1 Å². The molecule has 0 saturated heterocycles. The van der Waals surface area contributed by atoms with Crippen LogP contribution in [0, 0.1) is 13.8 Å². The maximum atomic E-state index is 10.4. The van der Waals surface area contributed by atoms with Gasteiger partial charge in [0.25, 0.3) is 0 Å². The zero-order chi connectivity index (χ0) is 13.7. The summed E-state index contributed by atoms with van der Waals surface area (Å²) < 4.78 is 5.19. The summed E-state index contributed by atoms with van der Waals surface area (Å²) in [4.78, 5) is 10.4. The summed E-state index contributed by atoms with van der Waals surface area (Å²) in [6.45, 7) is 3.49. The van der Waals surface area contributed by atoms with E-state index in [1.54, 1.807) is 7.11 Å². The maximum absolute atomic E-state index is 10.4. The monoisotopic (exact) mass is 273 g/mol. The minimum atomic E-state index is -1.20. The average Bonchev–Trinajstić information content (AvgIpc) is 2.28. The third-order valence-corrected chi connectivity index (χ3v) is 2.38. The smallest absolute Gasteiger partial charge is 0.548 e. The Morgan fingerprint density at radius 1 is 1.37 bits per heavy atom. The quantitative estimate of drug-likeness (QED) is 0.353. The molecule has 0 N–H and O–H groups in total. The molecule has 0 aliphatic carbocycles. The van der Waals surface area contributed by atoms with Crippen LogP contribution in [0.2, 0.25) is 0 Å². The molecule has 0 radical (unpaired) electrons. The van der Waals surface area contributed by atoms with Crippen LogP contribution in [0.1, 0.15) is 11.1 Å². The Morgan fingerprint density at radius 3 is 2.53 bits per heavy atom. The molecule has 0 atom stereocenters. The standard InChI is InChI=1S/C12H17N3O3.Na/c1-8-6-11(18-4)9(2)5-10(8)13-14-15(3)7-12(16)17;/h5-6H,7H2,1-4H3,(H,16,17);/q;+1/p-1. The minimum Gasteiger partial charge on any atom is -0.548 e. The molecule has 19 heavy (non-hydrogen) atoms. The van der Waals surface area contributed by atoms with Crippen molar-refractivity contribution >= 4 is 11.7 Å². The van der Waals surface area contributed by atoms with Gasteiger partial charge in [-0.25, -0.2) is 0 Å².